The Bertz CT molecular complexity index is 678. The molecular formula is C24H33NO2. The van der Waals surface area contributed by atoms with Gasteiger partial charge in [0.05, 0.1) is 0 Å². The van der Waals surface area contributed by atoms with Gasteiger partial charge in [-0.15, -0.1) is 0 Å². The van der Waals surface area contributed by atoms with Crippen molar-refractivity contribution >= 4 is 0 Å². The maximum absolute atomic E-state index is 10.4. The van der Waals surface area contributed by atoms with Crippen LogP contribution in [-0.2, 0) is 6.42 Å². The summed E-state index contributed by atoms with van der Waals surface area (Å²) < 4.78 is 5.93. The van der Waals surface area contributed by atoms with Crippen LogP contribution in [0.5, 0.6) is 5.75 Å². The van der Waals surface area contributed by atoms with Crippen molar-refractivity contribution in [3.8, 4) is 5.75 Å². The van der Waals surface area contributed by atoms with Crippen molar-refractivity contribution in [2.24, 2.45) is 5.92 Å². The highest BCUT2D eigenvalue weighted by Gasteiger charge is 2.21. The lowest BCUT2D eigenvalue weighted by Gasteiger charge is -2.33. The molecule has 3 rings (SSSR count). The van der Waals surface area contributed by atoms with Crippen molar-refractivity contribution in [3.63, 3.8) is 0 Å². The molecule has 0 saturated carbocycles. The average Bonchev–Trinajstić information content (AvgIpc) is 2.69. The normalized spacial score (nSPS) is 17.2. The van der Waals surface area contributed by atoms with Gasteiger partial charge >= 0.3 is 0 Å². The van der Waals surface area contributed by atoms with E-state index >= 15 is 0 Å². The van der Waals surface area contributed by atoms with E-state index in [9.17, 15) is 5.11 Å². The Labute approximate surface area is 164 Å². The number of rotatable bonds is 8. The first-order valence-corrected chi connectivity index (χ1v) is 10.3. The second kappa shape index (κ2) is 9.91. The molecule has 1 N–H and O–H groups in total. The van der Waals surface area contributed by atoms with Gasteiger partial charge in [-0.3, -0.25) is 0 Å². The minimum Gasteiger partial charge on any atom is -0.491 e. The van der Waals surface area contributed by atoms with E-state index in [0.717, 1.165) is 24.8 Å². The zero-order valence-corrected chi connectivity index (χ0v) is 16.7. The van der Waals surface area contributed by atoms with E-state index in [-0.39, 0.29) is 0 Å². The molecule has 2 aromatic carbocycles. The number of hydrogen-bond donors (Lipinski definition) is 1. The van der Waals surface area contributed by atoms with Crippen LogP contribution in [-0.4, -0.2) is 42.4 Å². The molecule has 0 unspecified atom stereocenters. The molecule has 3 heteroatoms. The number of hydrogen-bond acceptors (Lipinski definition) is 3. The molecule has 1 aliphatic rings. The third-order valence-corrected chi connectivity index (χ3v) is 5.52. The highest BCUT2D eigenvalue weighted by molar-refractivity contribution is 5.35. The van der Waals surface area contributed by atoms with Gasteiger partial charge in [-0.1, -0.05) is 62.4 Å². The van der Waals surface area contributed by atoms with Crippen LogP contribution in [0.4, 0.5) is 0 Å². The molecule has 1 saturated heterocycles. The van der Waals surface area contributed by atoms with E-state index in [0.29, 0.717) is 19.1 Å². The van der Waals surface area contributed by atoms with Crippen molar-refractivity contribution in [1.29, 1.82) is 0 Å². The van der Waals surface area contributed by atoms with Crippen LogP contribution in [0.1, 0.15) is 43.7 Å². The minimum absolute atomic E-state index is 0.355. The number of likely N-dealkylation sites (tertiary alicyclic amines) is 1. The Hall–Kier alpha value is -1.84. The van der Waals surface area contributed by atoms with Gasteiger partial charge in [0.25, 0.3) is 0 Å². The molecule has 27 heavy (non-hydrogen) atoms. The molecule has 0 radical (unpaired) electrons. The van der Waals surface area contributed by atoms with Gasteiger partial charge < -0.3 is 14.7 Å². The van der Waals surface area contributed by atoms with E-state index in [1.165, 1.54) is 30.4 Å². The Balaban J connectivity index is 1.40. The fraction of sp³-hybridized carbons (Fsp3) is 0.500. The quantitative estimate of drug-likeness (QED) is 0.745. The first kappa shape index (κ1) is 19.9. The summed E-state index contributed by atoms with van der Waals surface area (Å²) in [5, 5.41) is 10.4. The molecule has 0 amide bonds. The molecule has 146 valence electrons. The van der Waals surface area contributed by atoms with E-state index in [2.05, 4.69) is 55.1 Å². The highest BCUT2D eigenvalue weighted by Crippen LogP contribution is 2.26. The Morgan fingerprint density at radius 1 is 1.00 bits per heavy atom. The average molecular weight is 368 g/mol. The number of benzene rings is 2. The van der Waals surface area contributed by atoms with E-state index in [1.807, 2.05) is 18.2 Å². The van der Waals surface area contributed by atoms with Crippen LogP contribution < -0.4 is 4.74 Å². The van der Waals surface area contributed by atoms with Crippen LogP contribution in [0.25, 0.3) is 0 Å². The molecule has 1 fully saturated rings. The molecular weight excluding hydrogens is 334 g/mol. The summed E-state index contributed by atoms with van der Waals surface area (Å²) in [6.45, 7) is 7.51. The van der Waals surface area contributed by atoms with Gasteiger partial charge in [-0.25, -0.2) is 0 Å². The van der Waals surface area contributed by atoms with Crippen LogP contribution in [0.3, 0.4) is 0 Å². The molecule has 1 heterocycles. The van der Waals surface area contributed by atoms with Crippen molar-refractivity contribution < 1.29 is 9.84 Å². The molecule has 0 aromatic heterocycles. The van der Waals surface area contributed by atoms with Gasteiger partial charge in [0.2, 0.25) is 0 Å². The third-order valence-electron chi connectivity index (χ3n) is 5.52. The van der Waals surface area contributed by atoms with E-state index < -0.39 is 6.10 Å². The number of β-amino-alcohol motifs (C(OH)–C–C–N with tert-alkyl or cyclic N) is 1. The van der Waals surface area contributed by atoms with Gasteiger partial charge in [-0.2, -0.15) is 0 Å². The number of ether oxygens (including phenoxy) is 1. The number of aliphatic hydroxyl groups excluding tert-OH is 1. The summed E-state index contributed by atoms with van der Waals surface area (Å²) in [5.74, 6) is 2.07. The second-order valence-electron chi connectivity index (χ2n) is 8.09. The van der Waals surface area contributed by atoms with E-state index in [1.54, 1.807) is 0 Å². The summed E-state index contributed by atoms with van der Waals surface area (Å²) in [7, 11) is 0. The van der Waals surface area contributed by atoms with Crippen LogP contribution in [0.15, 0.2) is 54.6 Å². The standard InChI is InChI=1S/C24H33NO2/c1-19(2)23-10-6-7-11-24(23)27-18-22(26)17-25-14-12-21(13-15-25)16-20-8-4-3-5-9-20/h3-11,19,21-22,26H,12-18H2,1-2H3/t22-/m0/s1. The molecule has 2 aromatic rings. The van der Waals surface area contributed by atoms with Crippen LogP contribution >= 0.6 is 0 Å². The largest absolute Gasteiger partial charge is 0.491 e. The van der Waals surface area contributed by atoms with Crippen LogP contribution in [0.2, 0.25) is 0 Å². The first-order valence-electron chi connectivity index (χ1n) is 10.3. The molecule has 0 aliphatic carbocycles. The fourth-order valence-corrected chi connectivity index (χ4v) is 3.95. The topological polar surface area (TPSA) is 32.7 Å². The number of nitrogens with zero attached hydrogens (tertiary/aromatic N) is 1. The number of piperidine rings is 1. The lowest BCUT2D eigenvalue weighted by atomic mass is 9.90. The lowest BCUT2D eigenvalue weighted by Crippen LogP contribution is -2.41. The summed E-state index contributed by atoms with van der Waals surface area (Å²) in [6.07, 6.45) is 3.14. The third kappa shape index (κ3) is 6.08. The lowest BCUT2D eigenvalue weighted by molar-refractivity contribution is 0.0547. The predicted molar refractivity (Wildman–Crippen MR) is 111 cm³/mol. The maximum Gasteiger partial charge on any atom is 0.122 e. The number of para-hydroxylation sites is 1. The Kier molecular flexibility index (Phi) is 7.31. The molecule has 1 aliphatic heterocycles. The second-order valence-corrected chi connectivity index (χ2v) is 8.09. The Morgan fingerprint density at radius 3 is 2.37 bits per heavy atom. The summed E-state index contributed by atoms with van der Waals surface area (Å²) >= 11 is 0. The Morgan fingerprint density at radius 2 is 1.67 bits per heavy atom. The monoisotopic (exact) mass is 367 g/mol. The van der Waals surface area contributed by atoms with Gasteiger partial charge in [0, 0.05) is 6.54 Å². The molecule has 3 nitrogen and oxygen atoms in total. The summed E-state index contributed by atoms with van der Waals surface area (Å²) in [4.78, 5) is 2.38. The summed E-state index contributed by atoms with van der Waals surface area (Å²) in [5.41, 5.74) is 2.64. The predicted octanol–water partition coefficient (Wildman–Crippen LogP) is 4.50. The minimum atomic E-state index is -0.448. The van der Waals surface area contributed by atoms with Crippen molar-refractivity contribution in [3.05, 3.63) is 65.7 Å². The summed E-state index contributed by atoms with van der Waals surface area (Å²) in [6, 6.07) is 18.9. The molecule has 1 atom stereocenters. The highest BCUT2D eigenvalue weighted by atomic mass is 16.5. The molecule has 0 bridgehead atoms. The SMILES string of the molecule is CC(C)c1ccccc1OC[C@@H](O)CN1CCC(Cc2ccccc2)CC1. The zero-order valence-electron chi connectivity index (χ0n) is 16.7. The number of aliphatic hydroxyl groups is 1. The zero-order chi connectivity index (χ0) is 19.1. The first-order chi connectivity index (χ1) is 13.1. The van der Waals surface area contributed by atoms with Crippen molar-refractivity contribution in [2.45, 2.75) is 45.1 Å². The maximum atomic E-state index is 10.4. The van der Waals surface area contributed by atoms with Gasteiger partial charge in [0.1, 0.15) is 18.5 Å². The van der Waals surface area contributed by atoms with Gasteiger partial charge in [-0.05, 0) is 61.4 Å². The van der Waals surface area contributed by atoms with Crippen molar-refractivity contribution in [2.75, 3.05) is 26.2 Å². The fourth-order valence-electron chi connectivity index (χ4n) is 3.95. The van der Waals surface area contributed by atoms with E-state index in [4.69, 9.17) is 4.74 Å². The van der Waals surface area contributed by atoms with Crippen LogP contribution in [0, 0.1) is 5.92 Å². The van der Waals surface area contributed by atoms with Crippen molar-refractivity contribution in [1.82, 2.24) is 4.90 Å². The molecule has 0 spiro atoms. The van der Waals surface area contributed by atoms with Gasteiger partial charge in [0.15, 0.2) is 0 Å². The smallest absolute Gasteiger partial charge is 0.122 e.